The van der Waals surface area contributed by atoms with E-state index in [-0.39, 0.29) is 5.56 Å². The minimum atomic E-state index is -4.74. The van der Waals surface area contributed by atoms with Gasteiger partial charge in [-0.15, -0.1) is 0 Å². The Hall–Kier alpha value is -1.40. The van der Waals surface area contributed by atoms with Crippen molar-refractivity contribution in [3.05, 3.63) is 68.9 Å². The van der Waals surface area contributed by atoms with Gasteiger partial charge >= 0.3 is 6.18 Å². The first-order chi connectivity index (χ1) is 9.68. The summed E-state index contributed by atoms with van der Waals surface area (Å²) in [5, 5.41) is 0. The van der Waals surface area contributed by atoms with E-state index in [1.807, 2.05) is 13.0 Å². The number of aryl methyl sites for hydroxylation is 1. The molecule has 0 fully saturated rings. The predicted octanol–water partition coefficient (Wildman–Crippen LogP) is 4.96. The zero-order valence-electron chi connectivity index (χ0n) is 11.0. The van der Waals surface area contributed by atoms with Crippen LogP contribution >= 0.6 is 15.9 Å². The first kappa shape index (κ1) is 16.0. The van der Waals surface area contributed by atoms with Gasteiger partial charge in [-0.3, -0.25) is 0 Å². The van der Waals surface area contributed by atoms with Crippen LogP contribution in [0, 0.1) is 12.7 Å². The van der Waals surface area contributed by atoms with Crippen molar-refractivity contribution in [1.82, 2.24) is 0 Å². The fourth-order valence-electron chi connectivity index (χ4n) is 2.09. The van der Waals surface area contributed by atoms with E-state index in [9.17, 15) is 17.6 Å². The Bertz CT molecular complexity index is 647. The molecule has 0 aliphatic heterocycles. The molecule has 0 aliphatic carbocycles. The summed E-state index contributed by atoms with van der Waals surface area (Å²) >= 11 is 3.32. The quantitative estimate of drug-likeness (QED) is 0.751. The van der Waals surface area contributed by atoms with Crippen molar-refractivity contribution in [3.63, 3.8) is 0 Å². The molecule has 0 bridgehead atoms. The van der Waals surface area contributed by atoms with Gasteiger partial charge in [0.25, 0.3) is 0 Å². The maximum Gasteiger partial charge on any atom is 0.419 e. The molecule has 2 N–H and O–H groups in total. The second-order valence-electron chi connectivity index (χ2n) is 4.78. The summed E-state index contributed by atoms with van der Waals surface area (Å²) in [7, 11) is 0. The van der Waals surface area contributed by atoms with Crippen molar-refractivity contribution >= 4 is 15.9 Å². The molecule has 0 amide bonds. The van der Waals surface area contributed by atoms with Crippen LogP contribution in [0.2, 0.25) is 0 Å². The highest BCUT2D eigenvalue weighted by molar-refractivity contribution is 9.10. The summed E-state index contributed by atoms with van der Waals surface area (Å²) in [5.41, 5.74) is 6.49. The van der Waals surface area contributed by atoms with Crippen LogP contribution in [-0.2, 0) is 6.18 Å². The van der Waals surface area contributed by atoms with Gasteiger partial charge in [0.1, 0.15) is 5.82 Å². The molecule has 2 aromatic carbocycles. The number of hydrogen-bond acceptors (Lipinski definition) is 1. The second kappa shape index (κ2) is 5.77. The Balaban J connectivity index is 2.46. The largest absolute Gasteiger partial charge is 0.419 e. The standard InChI is InChI=1S/C15H12BrF4N/c1-8-4-10(6-11(16)5-8)14(21)9-2-3-13(17)12(7-9)15(18,19)20/h2-7,14H,21H2,1H3. The molecule has 0 saturated carbocycles. The predicted molar refractivity (Wildman–Crippen MR) is 76.3 cm³/mol. The minimum absolute atomic E-state index is 0.209. The summed E-state index contributed by atoms with van der Waals surface area (Å²) in [6, 6.07) is 7.44. The highest BCUT2D eigenvalue weighted by Crippen LogP contribution is 2.34. The minimum Gasteiger partial charge on any atom is -0.320 e. The van der Waals surface area contributed by atoms with Crippen molar-refractivity contribution in [2.75, 3.05) is 0 Å². The molecule has 0 heterocycles. The average Bonchev–Trinajstić information content (AvgIpc) is 2.36. The number of alkyl halides is 3. The molecule has 1 nitrogen and oxygen atoms in total. The third-order valence-electron chi connectivity index (χ3n) is 3.08. The maximum atomic E-state index is 13.3. The van der Waals surface area contributed by atoms with E-state index in [0.717, 1.165) is 22.2 Å². The summed E-state index contributed by atoms with van der Waals surface area (Å²) in [4.78, 5) is 0. The van der Waals surface area contributed by atoms with Crippen LogP contribution in [0.5, 0.6) is 0 Å². The van der Waals surface area contributed by atoms with Gasteiger partial charge in [0, 0.05) is 4.47 Å². The van der Waals surface area contributed by atoms with Gasteiger partial charge in [-0.05, 0) is 47.9 Å². The first-order valence-corrected chi connectivity index (χ1v) is 6.87. The third kappa shape index (κ3) is 3.63. The number of halogens is 5. The normalized spacial score (nSPS) is 13.3. The van der Waals surface area contributed by atoms with E-state index in [1.165, 1.54) is 6.07 Å². The van der Waals surface area contributed by atoms with Crippen LogP contribution in [0.3, 0.4) is 0 Å². The molecule has 112 valence electrons. The molecule has 2 rings (SSSR count). The van der Waals surface area contributed by atoms with Gasteiger partial charge in [0.2, 0.25) is 0 Å². The van der Waals surface area contributed by atoms with Crippen LogP contribution in [0.4, 0.5) is 17.6 Å². The van der Waals surface area contributed by atoms with Crippen molar-refractivity contribution in [2.24, 2.45) is 5.73 Å². The lowest BCUT2D eigenvalue weighted by atomic mass is 9.96. The Morgan fingerprint density at radius 1 is 1.05 bits per heavy atom. The molecule has 21 heavy (non-hydrogen) atoms. The molecule has 1 atom stereocenters. The zero-order chi connectivity index (χ0) is 15.8. The van der Waals surface area contributed by atoms with E-state index in [1.54, 1.807) is 12.1 Å². The molecule has 6 heteroatoms. The molecule has 2 aromatic rings. The maximum absolute atomic E-state index is 13.3. The average molecular weight is 362 g/mol. The molecule has 0 spiro atoms. The lowest BCUT2D eigenvalue weighted by molar-refractivity contribution is -0.140. The Morgan fingerprint density at radius 2 is 1.71 bits per heavy atom. The van der Waals surface area contributed by atoms with E-state index < -0.39 is 23.6 Å². The highest BCUT2D eigenvalue weighted by Gasteiger charge is 2.34. The summed E-state index contributed by atoms with van der Waals surface area (Å²) in [5.74, 6) is -1.30. The molecular weight excluding hydrogens is 350 g/mol. The van der Waals surface area contributed by atoms with Gasteiger partial charge in [-0.1, -0.05) is 28.1 Å². The van der Waals surface area contributed by atoms with Crippen LogP contribution in [0.15, 0.2) is 40.9 Å². The van der Waals surface area contributed by atoms with E-state index in [0.29, 0.717) is 5.56 Å². The molecule has 0 aromatic heterocycles. The zero-order valence-corrected chi connectivity index (χ0v) is 12.6. The van der Waals surface area contributed by atoms with Crippen molar-refractivity contribution in [2.45, 2.75) is 19.1 Å². The fraction of sp³-hybridized carbons (Fsp3) is 0.200. The molecule has 0 aliphatic rings. The Labute approximate surface area is 127 Å². The van der Waals surface area contributed by atoms with E-state index >= 15 is 0 Å². The molecule has 1 unspecified atom stereocenters. The topological polar surface area (TPSA) is 26.0 Å². The van der Waals surface area contributed by atoms with Crippen LogP contribution < -0.4 is 5.73 Å². The van der Waals surface area contributed by atoms with Crippen LogP contribution in [-0.4, -0.2) is 0 Å². The molecule has 0 radical (unpaired) electrons. The number of benzene rings is 2. The van der Waals surface area contributed by atoms with Crippen molar-refractivity contribution < 1.29 is 17.6 Å². The lowest BCUT2D eigenvalue weighted by Crippen LogP contribution is -2.15. The van der Waals surface area contributed by atoms with Crippen LogP contribution in [0.25, 0.3) is 0 Å². The highest BCUT2D eigenvalue weighted by atomic mass is 79.9. The van der Waals surface area contributed by atoms with Crippen molar-refractivity contribution in [1.29, 1.82) is 0 Å². The van der Waals surface area contributed by atoms with Gasteiger partial charge in [-0.2, -0.15) is 13.2 Å². The lowest BCUT2D eigenvalue weighted by Gasteiger charge is -2.16. The Kier molecular flexibility index (Phi) is 4.39. The molecule has 0 saturated heterocycles. The summed E-state index contributed by atoms with van der Waals surface area (Å²) in [6.07, 6.45) is -4.74. The second-order valence-corrected chi connectivity index (χ2v) is 5.69. The first-order valence-electron chi connectivity index (χ1n) is 6.08. The van der Waals surface area contributed by atoms with Crippen molar-refractivity contribution in [3.8, 4) is 0 Å². The molecular formula is C15H12BrF4N. The number of rotatable bonds is 2. The van der Waals surface area contributed by atoms with Gasteiger partial charge < -0.3 is 5.73 Å². The van der Waals surface area contributed by atoms with Gasteiger partial charge in [-0.25, -0.2) is 4.39 Å². The SMILES string of the molecule is Cc1cc(Br)cc(C(N)c2ccc(F)c(C(F)(F)F)c2)c1. The number of hydrogen-bond donors (Lipinski definition) is 1. The van der Waals surface area contributed by atoms with E-state index in [4.69, 9.17) is 5.73 Å². The van der Waals surface area contributed by atoms with Gasteiger partial charge in [0.15, 0.2) is 0 Å². The van der Waals surface area contributed by atoms with Crippen LogP contribution in [0.1, 0.15) is 28.3 Å². The monoisotopic (exact) mass is 361 g/mol. The third-order valence-corrected chi connectivity index (χ3v) is 3.54. The number of nitrogens with two attached hydrogens (primary N) is 1. The van der Waals surface area contributed by atoms with E-state index in [2.05, 4.69) is 15.9 Å². The fourth-order valence-corrected chi connectivity index (χ4v) is 2.72. The summed E-state index contributed by atoms with van der Waals surface area (Å²) < 4.78 is 52.3. The van der Waals surface area contributed by atoms with Gasteiger partial charge in [0.05, 0.1) is 11.6 Å². The smallest absolute Gasteiger partial charge is 0.320 e. The Morgan fingerprint density at radius 3 is 2.29 bits per heavy atom. The summed E-state index contributed by atoms with van der Waals surface area (Å²) in [6.45, 7) is 1.85.